The summed E-state index contributed by atoms with van der Waals surface area (Å²) in [5, 5.41) is 0. The van der Waals surface area contributed by atoms with Crippen molar-refractivity contribution in [2.24, 2.45) is 0 Å². The van der Waals surface area contributed by atoms with Crippen LogP contribution in [-0.2, 0) is 16.1 Å². The van der Waals surface area contributed by atoms with E-state index in [4.69, 9.17) is 4.74 Å². The van der Waals surface area contributed by atoms with Crippen molar-refractivity contribution in [2.75, 3.05) is 39.8 Å². The number of hydrogen-bond acceptors (Lipinski definition) is 5. The minimum atomic E-state index is -0.295. The van der Waals surface area contributed by atoms with Gasteiger partial charge in [0, 0.05) is 44.8 Å². The highest BCUT2D eigenvalue weighted by atomic mass is 16.5. The fourth-order valence-corrected chi connectivity index (χ4v) is 4.22. The van der Waals surface area contributed by atoms with Crippen molar-refractivity contribution in [1.82, 2.24) is 14.7 Å². The SMILES string of the molecule is C=CCN1C(=O)C(c2ccccc2OC)=C(N2CCN(Cc3ccccc3)CC2)C1=O. The lowest BCUT2D eigenvalue weighted by molar-refractivity contribution is -0.137. The van der Waals surface area contributed by atoms with Crippen LogP contribution < -0.4 is 4.74 Å². The number of para-hydroxylation sites is 1. The number of piperazine rings is 1. The number of carbonyl (C=O) groups excluding carboxylic acids is 2. The van der Waals surface area contributed by atoms with Crippen LogP contribution in [0.1, 0.15) is 11.1 Å². The zero-order valence-electron chi connectivity index (χ0n) is 17.8. The minimum Gasteiger partial charge on any atom is -0.496 e. The number of nitrogens with zero attached hydrogens (tertiary/aromatic N) is 3. The van der Waals surface area contributed by atoms with Crippen molar-refractivity contribution in [3.8, 4) is 5.75 Å². The Bertz CT molecular complexity index is 1010. The summed E-state index contributed by atoms with van der Waals surface area (Å²) < 4.78 is 5.49. The van der Waals surface area contributed by atoms with Gasteiger partial charge < -0.3 is 9.64 Å². The molecule has 0 atom stereocenters. The largest absolute Gasteiger partial charge is 0.496 e. The summed E-state index contributed by atoms with van der Waals surface area (Å²) in [5.74, 6) is 0.0257. The zero-order valence-corrected chi connectivity index (χ0v) is 17.8. The first-order chi connectivity index (χ1) is 15.1. The van der Waals surface area contributed by atoms with Gasteiger partial charge >= 0.3 is 0 Å². The van der Waals surface area contributed by atoms with Crippen molar-refractivity contribution in [2.45, 2.75) is 6.54 Å². The van der Waals surface area contributed by atoms with Crippen LogP contribution in [0, 0.1) is 0 Å². The molecule has 0 saturated carbocycles. The molecule has 0 aromatic heterocycles. The molecule has 2 amide bonds. The van der Waals surface area contributed by atoms with E-state index in [1.807, 2.05) is 47.4 Å². The minimum absolute atomic E-state index is 0.188. The number of hydrogen-bond donors (Lipinski definition) is 0. The first-order valence-corrected chi connectivity index (χ1v) is 10.5. The van der Waals surface area contributed by atoms with Crippen LogP contribution >= 0.6 is 0 Å². The molecular formula is C25H27N3O3. The van der Waals surface area contributed by atoms with E-state index in [0.717, 1.165) is 19.6 Å². The summed E-state index contributed by atoms with van der Waals surface area (Å²) >= 11 is 0. The molecule has 0 unspecified atom stereocenters. The molecule has 6 heteroatoms. The van der Waals surface area contributed by atoms with Crippen LogP contribution in [0.15, 0.2) is 72.9 Å². The second kappa shape index (κ2) is 9.18. The molecule has 0 aliphatic carbocycles. The van der Waals surface area contributed by atoms with E-state index in [0.29, 0.717) is 35.7 Å². The Balaban J connectivity index is 1.62. The smallest absolute Gasteiger partial charge is 0.278 e. The molecule has 0 radical (unpaired) electrons. The molecule has 31 heavy (non-hydrogen) atoms. The van der Waals surface area contributed by atoms with Gasteiger partial charge in [0.2, 0.25) is 0 Å². The van der Waals surface area contributed by atoms with E-state index in [1.165, 1.54) is 10.5 Å². The van der Waals surface area contributed by atoms with Crippen LogP contribution in [0.5, 0.6) is 5.75 Å². The highest BCUT2D eigenvalue weighted by Gasteiger charge is 2.42. The molecule has 2 heterocycles. The van der Waals surface area contributed by atoms with E-state index in [1.54, 1.807) is 13.2 Å². The maximum Gasteiger partial charge on any atom is 0.278 e. The van der Waals surface area contributed by atoms with Crippen molar-refractivity contribution in [3.63, 3.8) is 0 Å². The molecule has 1 fully saturated rings. The van der Waals surface area contributed by atoms with Gasteiger partial charge in [-0.1, -0.05) is 54.6 Å². The van der Waals surface area contributed by atoms with Gasteiger partial charge in [0.25, 0.3) is 11.8 Å². The van der Waals surface area contributed by atoms with Crippen molar-refractivity contribution >= 4 is 17.4 Å². The van der Waals surface area contributed by atoms with Gasteiger partial charge in [-0.25, -0.2) is 0 Å². The fourth-order valence-electron chi connectivity index (χ4n) is 4.22. The first kappa shape index (κ1) is 20.9. The lowest BCUT2D eigenvalue weighted by Gasteiger charge is -2.36. The summed E-state index contributed by atoms with van der Waals surface area (Å²) in [6, 6.07) is 17.7. The number of methoxy groups -OCH3 is 1. The summed E-state index contributed by atoms with van der Waals surface area (Å²) in [6.45, 7) is 7.77. The van der Waals surface area contributed by atoms with Gasteiger partial charge in [-0.15, -0.1) is 6.58 Å². The van der Waals surface area contributed by atoms with Crippen LogP contribution in [-0.4, -0.2) is 66.3 Å². The summed E-state index contributed by atoms with van der Waals surface area (Å²) in [5.41, 5.74) is 2.81. The Kier molecular flexibility index (Phi) is 6.18. The average Bonchev–Trinajstić information content (AvgIpc) is 3.05. The summed E-state index contributed by atoms with van der Waals surface area (Å²) in [6.07, 6.45) is 1.58. The maximum atomic E-state index is 13.3. The predicted octanol–water partition coefficient (Wildman–Crippen LogP) is 2.78. The van der Waals surface area contributed by atoms with Gasteiger partial charge in [-0.3, -0.25) is 19.4 Å². The van der Waals surface area contributed by atoms with Crippen LogP contribution in [0.3, 0.4) is 0 Å². The van der Waals surface area contributed by atoms with E-state index < -0.39 is 0 Å². The Hall–Kier alpha value is -3.38. The molecule has 0 spiro atoms. The zero-order chi connectivity index (χ0) is 21.8. The quantitative estimate of drug-likeness (QED) is 0.512. The molecule has 0 N–H and O–H groups in total. The van der Waals surface area contributed by atoms with Gasteiger partial charge in [0.05, 0.1) is 12.7 Å². The summed E-state index contributed by atoms with van der Waals surface area (Å²) in [4.78, 5) is 32.2. The first-order valence-electron chi connectivity index (χ1n) is 10.5. The Morgan fingerprint density at radius 2 is 1.61 bits per heavy atom. The highest BCUT2D eigenvalue weighted by molar-refractivity contribution is 6.36. The van der Waals surface area contributed by atoms with Crippen molar-refractivity contribution < 1.29 is 14.3 Å². The maximum absolute atomic E-state index is 13.3. The molecule has 6 nitrogen and oxygen atoms in total. The Labute approximate surface area is 183 Å². The monoisotopic (exact) mass is 417 g/mol. The molecule has 0 bridgehead atoms. The van der Waals surface area contributed by atoms with Crippen LogP contribution in [0.2, 0.25) is 0 Å². The second-order valence-electron chi connectivity index (χ2n) is 7.68. The fraction of sp³-hybridized carbons (Fsp3) is 0.280. The molecule has 2 aromatic carbocycles. The topological polar surface area (TPSA) is 53.1 Å². The third kappa shape index (κ3) is 4.11. The van der Waals surface area contributed by atoms with E-state index in [-0.39, 0.29) is 18.4 Å². The number of amides is 2. The number of carbonyl (C=O) groups is 2. The number of benzene rings is 2. The third-order valence-electron chi connectivity index (χ3n) is 5.77. The standard InChI is InChI=1S/C25H27N3O3/c1-3-13-28-24(29)22(20-11-7-8-12-21(20)31-2)23(25(28)30)27-16-14-26(15-17-27)18-19-9-5-4-6-10-19/h3-12H,1,13-18H2,2H3. The molecular weight excluding hydrogens is 390 g/mol. The lowest BCUT2D eigenvalue weighted by Crippen LogP contribution is -2.47. The molecule has 1 saturated heterocycles. The molecule has 2 aromatic rings. The Morgan fingerprint density at radius 3 is 2.29 bits per heavy atom. The van der Waals surface area contributed by atoms with Crippen molar-refractivity contribution in [1.29, 1.82) is 0 Å². The van der Waals surface area contributed by atoms with Gasteiger partial charge in [-0.2, -0.15) is 0 Å². The van der Waals surface area contributed by atoms with Crippen LogP contribution in [0.25, 0.3) is 5.57 Å². The van der Waals surface area contributed by atoms with Crippen molar-refractivity contribution in [3.05, 3.63) is 84.1 Å². The highest BCUT2D eigenvalue weighted by Crippen LogP contribution is 2.36. The lowest BCUT2D eigenvalue weighted by atomic mass is 10.0. The van der Waals surface area contributed by atoms with E-state index >= 15 is 0 Å². The third-order valence-corrected chi connectivity index (χ3v) is 5.77. The average molecular weight is 418 g/mol. The second-order valence-corrected chi connectivity index (χ2v) is 7.68. The molecule has 160 valence electrons. The summed E-state index contributed by atoms with van der Waals surface area (Å²) in [7, 11) is 1.57. The predicted molar refractivity (Wildman–Crippen MR) is 120 cm³/mol. The number of ether oxygens (including phenoxy) is 1. The molecule has 2 aliphatic rings. The number of imide groups is 1. The van der Waals surface area contributed by atoms with Gasteiger partial charge in [0.15, 0.2) is 0 Å². The van der Waals surface area contributed by atoms with Crippen LogP contribution in [0.4, 0.5) is 0 Å². The van der Waals surface area contributed by atoms with E-state index in [9.17, 15) is 9.59 Å². The van der Waals surface area contributed by atoms with E-state index in [2.05, 4.69) is 23.6 Å². The molecule has 4 rings (SSSR count). The molecule has 2 aliphatic heterocycles. The Morgan fingerprint density at radius 1 is 0.935 bits per heavy atom. The van der Waals surface area contributed by atoms with Gasteiger partial charge in [-0.05, 0) is 11.6 Å². The normalized spacial score (nSPS) is 17.5. The number of rotatable bonds is 7. The van der Waals surface area contributed by atoms with Gasteiger partial charge in [0.1, 0.15) is 11.4 Å².